The van der Waals surface area contributed by atoms with E-state index in [1.165, 1.54) is 23.8 Å². The molecule has 6 heteroatoms. The van der Waals surface area contributed by atoms with Crippen LogP contribution < -0.4 is 14.8 Å². The van der Waals surface area contributed by atoms with Gasteiger partial charge in [0, 0.05) is 13.5 Å². The molecule has 0 aliphatic heterocycles. The van der Waals surface area contributed by atoms with Crippen LogP contribution in [0.5, 0.6) is 16.7 Å². The van der Waals surface area contributed by atoms with Crippen molar-refractivity contribution < 1.29 is 14.3 Å². The standard InChI is InChI=1S/C21H24N2O3S/c1-13(2)25-17-6-8-18(9-7-17)26-21-23-19-10-5-16(11-20(19)27-21)14(3)12-22-15(4)24/h5-11,13-14H,12H2,1-4H3,(H,22,24). The molecule has 0 aliphatic carbocycles. The molecular formula is C21H24N2O3S. The number of carbonyl (C=O) groups excluding carboxylic acids is 1. The Morgan fingerprint density at radius 3 is 2.48 bits per heavy atom. The fraction of sp³-hybridized carbons (Fsp3) is 0.333. The minimum atomic E-state index is -0.0128. The Bertz CT molecular complexity index is 919. The molecule has 1 heterocycles. The molecule has 0 saturated carbocycles. The maximum atomic E-state index is 11.1. The number of fused-ring (bicyclic) bond motifs is 1. The molecule has 0 fully saturated rings. The third kappa shape index (κ3) is 5.20. The first-order chi connectivity index (χ1) is 12.9. The highest BCUT2D eigenvalue weighted by atomic mass is 32.1. The summed E-state index contributed by atoms with van der Waals surface area (Å²) in [7, 11) is 0. The van der Waals surface area contributed by atoms with Crippen LogP contribution in [0.15, 0.2) is 42.5 Å². The number of benzene rings is 2. The Morgan fingerprint density at radius 2 is 1.81 bits per heavy atom. The van der Waals surface area contributed by atoms with E-state index in [0.29, 0.717) is 11.7 Å². The molecule has 1 aromatic heterocycles. The van der Waals surface area contributed by atoms with Crippen molar-refractivity contribution in [2.45, 2.75) is 39.7 Å². The summed E-state index contributed by atoms with van der Waals surface area (Å²) in [6.07, 6.45) is 0.142. The fourth-order valence-electron chi connectivity index (χ4n) is 2.64. The molecule has 2 aromatic carbocycles. The van der Waals surface area contributed by atoms with Gasteiger partial charge in [-0.25, -0.2) is 4.98 Å². The molecule has 1 N–H and O–H groups in total. The van der Waals surface area contributed by atoms with Crippen molar-refractivity contribution in [2.24, 2.45) is 0 Å². The summed E-state index contributed by atoms with van der Waals surface area (Å²) in [5.41, 5.74) is 2.08. The van der Waals surface area contributed by atoms with Crippen LogP contribution in [0.4, 0.5) is 0 Å². The molecule has 1 atom stereocenters. The molecule has 0 radical (unpaired) electrons. The highest BCUT2D eigenvalue weighted by molar-refractivity contribution is 7.20. The second-order valence-electron chi connectivity index (χ2n) is 6.79. The van der Waals surface area contributed by atoms with E-state index >= 15 is 0 Å². The van der Waals surface area contributed by atoms with Crippen molar-refractivity contribution in [3.63, 3.8) is 0 Å². The normalized spacial score (nSPS) is 12.2. The summed E-state index contributed by atoms with van der Waals surface area (Å²) in [5.74, 6) is 1.77. The molecule has 1 amide bonds. The van der Waals surface area contributed by atoms with Crippen LogP contribution in [-0.4, -0.2) is 23.5 Å². The van der Waals surface area contributed by atoms with Crippen LogP contribution in [0.1, 0.15) is 39.2 Å². The van der Waals surface area contributed by atoms with Crippen molar-refractivity contribution in [3.8, 4) is 16.7 Å². The minimum absolute atomic E-state index is 0.0128. The predicted octanol–water partition coefficient (Wildman–Crippen LogP) is 5.12. The fourth-order valence-corrected chi connectivity index (χ4v) is 3.53. The van der Waals surface area contributed by atoms with Crippen molar-refractivity contribution in [3.05, 3.63) is 48.0 Å². The molecule has 3 aromatic rings. The Hall–Kier alpha value is -2.60. The van der Waals surface area contributed by atoms with E-state index in [1.807, 2.05) is 44.2 Å². The van der Waals surface area contributed by atoms with E-state index in [4.69, 9.17) is 9.47 Å². The SMILES string of the molecule is CC(=O)NCC(C)c1ccc2nc(Oc3ccc(OC(C)C)cc3)sc2c1. The Balaban J connectivity index is 1.71. The van der Waals surface area contributed by atoms with Gasteiger partial charge in [0.1, 0.15) is 11.5 Å². The van der Waals surface area contributed by atoms with Crippen molar-refractivity contribution in [1.29, 1.82) is 0 Å². The monoisotopic (exact) mass is 384 g/mol. The number of amides is 1. The zero-order valence-electron chi connectivity index (χ0n) is 16.0. The molecule has 0 aliphatic rings. The molecule has 0 saturated heterocycles. The molecule has 0 bridgehead atoms. The number of aromatic nitrogens is 1. The molecular weight excluding hydrogens is 360 g/mol. The van der Waals surface area contributed by atoms with Gasteiger partial charge in [-0.2, -0.15) is 0 Å². The minimum Gasteiger partial charge on any atom is -0.491 e. The van der Waals surface area contributed by atoms with E-state index in [9.17, 15) is 4.79 Å². The zero-order valence-corrected chi connectivity index (χ0v) is 16.8. The van der Waals surface area contributed by atoms with Gasteiger partial charge >= 0.3 is 0 Å². The van der Waals surface area contributed by atoms with Crippen LogP contribution in [-0.2, 0) is 4.79 Å². The third-order valence-electron chi connectivity index (χ3n) is 4.02. The van der Waals surface area contributed by atoms with Gasteiger partial charge in [0.15, 0.2) is 0 Å². The summed E-state index contributed by atoms with van der Waals surface area (Å²) in [6, 6.07) is 13.7. The van der Waals surface area contributed by atoms with Crippen LogP contribution >= 0.6 is 11.3 Å². The topological polar surface area (TPSA) is 60.5 Å². The Morgan fingerprint density at radius 1 is 1.11 bits per heavy atom. The quantitative estimate of drug-likeness (QED) is 0.614. The van der Waals surface area contributed by atoms with Gasteiger partial charge < -0.3 is 14.8 Å². The lowest BCUT2D eigenvalue weighted by Crippen LogP contribution is -2.24. The number of hydrogen-bond donors (Lipinski definition) is 1. The van der Waals surface area contributed by atoms with Gasteiger partial charge in [0.25, 0.3) is 5.19 Å². The molecule has 142 valence electrons. The maximum absolute atomic E-state index is 11.1. The average molecular weight is 385 g/mol. The second-order valence-corrected chi connectivity index (χ2v) is 7.78. The lowest BCUT2D eigenvalue weighted by atomic mass is 10.0. The highest BCUT2D eigenvalue weighted by Gasteiger charge is 2.11. The van der Waals surface area contributed by atoms with E-state index in [1.54, 1.807) is 0 Å². The van der Waals surface area contributed by atoms with Crippen molar-refractivity contribution in [2.75, 3.05) is 6.54 Å². The summed E-state index contributed by atoms with van der Waals surface area (Å²) in [5, 5.41) is 3.47. The first-order valence-corrected chi connectivity index (χ1v) is 9.82. The van der Waals surface area contributed by atoms with Gasteiger partial charge in [-0.05, 0) is 61.7 Å². The van der Waals surface area contributed by atoms with Crippen LogP contribution in [0.2, 0.25) is 0 Å². The van der Waals surface area contributed by atoms with Crippen LogP contribution in [0.25, 0.3) is 10.2 Å². The van der Waals surface area contributed by atoms with E-state index < -0.39 is 0 Å². The predicted molar refractivity (Wildman–Crippen MR) is 109 cm³/mol. The van der Waals surface area contributed by atoms with Gasteiger partial charge in [-0.1, -0.05) is 24.3 Å². The van der Waals surface area contributed by atoms with Gasteiger partial charge in [-0.3, -0.25) is 4.79 Å². The largest absolute Gasteiger partial charge is 0.491 e. The smallest absolute Gasteiger partial charge is 0.279 e. The summed E-state index contributed by atoms with van der Waals surface area (Å²) < 4.78 is 12.6. The number of ether oxygens (including phenoxy) is 2. The van der Waals surface area contributed by atoms with Gasteiger partial charge in [0.05, 0.1) is 16.3 Å². The van der Waals surface area contributed by atoms with E-state index in [0.717, 1.165) is 21.7 Å². The first-order valence-electron chi connectivity index (χ1n) is 9.00. The number of nitrogens with zero attached hydrogens (tertiary/aromatic N) is 1. The second kappa shape index (κ2) is 8.39. The highest BCUT2D eigenvalue weighted by Crippen LogP contribution is 2.33. The van der Waals surface area contributed by atoms with Crippen LogP contribution in [0, 0.1) is 0 Å². The van der Waals surface area contributed by atoms with Crippen molar-refractivity contribution >= 4 is 27.5 Å². The van der Waals surface area contributed by atoms with E-state index in [2.05, 4.69) is 29.4 Å². The summed E-state index contributed by atoms with van der Waals surface area (Å²) in [4.78, 5) is 15.6. The van der Waals surface area contributed by atoms with E-state index in [-0.39, 0.29) is 17.9 Å². The number of nitrogens with one attached hydrogen (secondary N) is 1. The third-order valence-corrected chi connectivity index (χ3v) is 4.92. The number of hydrogen-bond acceptors (Lipinski definition) is 5. The average Bonchev–Trinajstić information content (AvgIpc) is 3.02. The maximum Gasteiger partial charge on any atom is 0.279 e. The first kappa shape index (κ1) is 19.2. The molecule has 27 heavy (non-hydrogen) atoms. The molecule has 1 unspecified atom stereocenters. The van der Waals surface area contributed by atoms with Gasteiger partial charge in [0.2, 0.25) is 5.91 Å². The molecule has 3 rings (SSSR count). The lowest BCUT2D eigenvalue weighted by Gasteiger charge is -2.11. The van der Waals surface area contributed by atoms with Crippen LogP contribution in [0.3, 0.4) is 0 Å². The Labute approximate surface area is 163 Å². The number of rotatable bonds is 7. The Kier molecular flexibility index (Phi) is 5.96. The van der Waals surface area contributed by atoms with Crippen molar-refractivity contribution in [1.82, 2.24) is 10.3 Å². The molecule has 0 spiro atoms. The number of carbonyl (C=O) groups is 1. The zero-order chi connectivity index (χ0) is 19.4. The number of thiazole rings is 1. The van der Waals surface area contributed by atoms with Gasteiger partial charge in [-0.15, -0.1) is 0 Å². The molecule has 5 nitrogen and oxygen atoms in total. The summed E-state index contributed by atoms with van der Waals surface area (Å²) in [6.45, 7) is 8.24. The summed E-state index contributed by atoms with van der Waals surface area (Å²) >= 11 is 1.51. The lowest BCUT2D eigenvalue weighted by molar-refractivity contribution is -0.119.